The molecule has 0 aliphatic rings. The van der Waals surface area contributed by atoms with Gasteiger partial charge in [-0.1, -0.05) is 36.4 Å². The Morgan fingerprint density at radius 2 is 1.88 bits per heavy atom. The summed E-state index contributed by atoms with van der Waals surface area (Å²) in [6.07, 6.45) is 3.37. The summed E-state index contributed by atoms with van der Waals surface area (Å²) in [7, 11) is 0. The van der Waals surface area contributed by atoms with Gasteiger partial charge in [-0.3, -0.25) is 4.79 Å². The molecule has 2 aromatic heterocycles. The van der Waals surface area contributed by atoms with E-state index in [1.54, 1.807) is 12.5 Å². The second-order valence-corrected chi connectivity index (χ2v) is 6.41. The van der Waals surface area contributed by atoms with Crippen molar-refractivity contribution in [2.24, 2.45) is 0 Å². The number of nitrogens with zero attached hydrogens (tertiary/aromatic N) is 1. The van der Waals surface area contributed by atoms with Crippen molar-refractivity contribution in [2.45, 2.75) is 6.54 Å². The Kier molecular flexibility index (Phi) is 3.84. The Morgan fingerprint density at radius 1 is 1.04 bits per heavy atom. The predicted octanol–water partition coefficient (Wildman–Crippen LogP) is 4.49. The topological polar surface area (TPSA) is 55.1 Å². The molecule has 4 rings (SSSR count). The standard InChI is InChI=1S/C19H14N2O2S/c22-18(19-21-16-3-1-2-4-17(16)24-19)20-11-13-5-7-14(8-6-13)15-9-10-23-12-15/h1-10,12H,11H2,(H,20,22). The Hall–Kier alpha value is -2.92. The number of amides is 1. The van der Waals surface area contributed by atoms with E-state index >= 15 is 0 Å². The number of nitrogens with one attached hydrogen (secondary N) is 1. The minimum atomic E-state index is -0.143. The molecule has 24 heavy (non-hydrogen) atoms. The molecule has 4 nitrogen and oxygen atoms in total. The van der Waals surface area contributed by atoms with Crippen molar-refractivity contribution in [1.29, 1.82) is 0 Å². The zero-order valence-corrected chi connectivity index (χ0v) is 13.5. The molecule has 0 saturated carbocycles. The Labute approximate surface area is 142 Å². The largest absolute Gasteiger partial charge is 0.472 e. The second kappa shape index (κ2) is 6.29. The molecule has 0 radical (unpaired) electrons. The number of hydrogen-bond donors (Lipinski definition) is 1. The van der Waals surface area contributed by atoms with E-state index in [1.165, 1.54) is 11.3 Å². The SMILES string of the molecule is O=C(NCc1ccc(-c2ccoc2)cc1)c1nc2ccccc2s1. The second-order valence-electron chi connectivity index (χ2n) is 5.38. The average molecular weight is 334 g/mol. The fourth-order valence-electron chi connectivity index (χ4n) is 2.47. The summed E-state index contributed by atoms with van der Waals surface area (Å²) in [6.45, 7) is 0.473. The first kappa shape index (κ1) is 14.7. The molecule has 1 amide bonds. The monoisotopic (exact) mass is 334 g/mol. The molecular formula is C19H14N2O2S. The highest BCUT2D eigenvalue weighted by molar-refractivity contribution is 7.20. The summed E-state index contributed by atoms with van der Waals surface area (Å²) < 4.78 is 6.11. The molecule has 0 unspecified atom stereocenters. The molecule has 2 heterocycles. The summed E-state index contributed by atoms with van der Waals surface area (Å²) in [5, 5.41) is 3.41. The molecule has 0 bridgehead atoms. The Balaban J connectivity index is 1.43. The van der Waals surface area contributed by atoms with Crippen LogP contribution in [0.2, 0.25) is 0 Å². The number of aromatic nitrogens is 1. The molecule has 0 atom stereocenters. The van der Waals surface area contributed by atoms with Gasteiger partial charge in [0.1, 0.15) is 0 Å². The number of rotatable bonds is 4. The van der Waals surface area contributed by atoms with Crippen molar-refractivity contribution in [3.8, 4) is 11.1 Å². The van der Waals surface area contributed by atoms with Crippen LogP contribution in [0.3, 0.4) is 0 Å². The van der Waals surface area contributed by atoms with Crippen LogP contribution in [0.5, 0.6) is 0 Å². The van der Waals surface area contributed by atoms with Gasteiger partial charge < -0.3 is 9.73 Å². The first-order valence-corrected chi connectivity index (χ1v) is 8.36. The van der Waals surface area contributed by atoms with Crippen LogP contribution in [0.25, 0.3) is 21.3 Å². The maximum atomic E-state index is 12.3. The van der Waals surface area contributed by atoms with E-state index in [-0.39, 0.29) is 5.91 Å². The fourth-order valence-corrected chi connectivity index (χ4v) is 3.35. The normalized spacial score (nSPS) is 10.8. The molecule has 4 aromatic rings. The molecule has 0 aliphatic carbocycles. The Bertz CT molecular complexity index is 939. The van der Waals surface area contributed by atoms with Crippen molar-refractivity contribution >= 4 is 27.5 Å². The van der Waals surface area contributed by atoms with E-state index in [0.29, 0.717) is 11.6 Å². The van der Waals surface area contributed by atoms with Gasteiger partial charge >= 0.3 is 0 Å². The highest BCUT2D eigenvalue weighted by atomic mass is 32.1. The number of furan rings is 1. The first-order chi connectivity index (χ1) is 11.8. The first-order valence-electron chi connectivity index (χ1n) is 7.55. The molecule has 2 aromatic carbocycles. The van der Waals surface area contributed by atoms with Gasteiger partial charge in [0.25, 0.3) is 5.91 Å². The van der Waals surface area contributed by atoms with Crippen molar-refractivity contribution in [3.63, 3.8) is 0 Å². The molecule has 0 spiro atoms. The van der Waals surface area contributed by atoms with E-state index in [4.69, 9.17) is 4.42 Å². The molecular weight excluding hydrogens is 320 g/mol. The summed E-state index contributed by atoms with van der Waals surface area (Å²) in [5.74, 6) is -0.143. The zero-order valence-electron chi connectivity index (χ0n) is 12.7. The summed E-state index contributed by atoms with van der Waals surface area (Å²) >= 11 is 1.41. The van der Waals surface area contributed by atoms with Gasteiger partial charge in [-0.05, 0) is 29.3 Å². The number of thiazole rings is 1. The molecule has 0 aliphatic heterocycles. The van der Waals surface area contributed by atoms with Crippen molar-refractivity contribution in [1.82, 2.24) is 10.3 Å². The van der Waals surface area contributed by atoms with Crippen LogP contribution in [0.15, 0.2) is 71.5 Å². The number of carbonyl (C=O) groups excluding carboxylic acids is 1. The van der Waals surface area contributed by atoms with Crippen molar-refractivity contribution in [3.05, 3.63) is 77.7 Å². The van der Waals surface area contributed by atoms with Crippen LogP contribution >= 0.6 is 11.3 Å². The average Bonchev–Trinajstić information content (AvgIpc) is 3.29. The lowest BCUT2D eigenvalue weighted by molar-refractivity contribution is 0.0950. The Morgan fingerprint density at radius 3 is 2.62 bits per heavy atom. The maximum absolute atomic E-state index is 12.3. The summed E-state index contributed by atoms with van der Waals surface area (Å²) in [5.41, 5.74) is 4.03. The summed E-state index contributed by atoms with van der Waals surface area (Å²) in [4.78, 5) is 16.6. The highest BCUT2D eigenvalue weighted by Gasteiger charge is 2.11. The number of benzene rings is 2. The van der Waals surface area contributed by atoms with Crippen molar-refractivity contribution < 1.29 is 9.21 Å². The molecule has 5 heteroatoms. The minimum absolute atomic E-state index is 0.143. The number of carbonyl (C=O) groups is 1. The van der Waals surface area contributed by atoms with Crippen LogP contribution in [-0.2, 0) is 6.54 Å². The van der Waals surface area contributed by atoms with E-state index in [9.17, 15) is 4.79 Å². The minimum Gasteiger partial charge on any atom is -0.472 e. The number of hydrogen-bond acceptors (Lipinski definition) is 4. The van der Waals surface area contributed by atoms with E-state index in [2.05, 4.69) is 10.3 Å². The zero-order chi connectivity index (χ0) is 16.4. The lowest BCUT2D eigenvalue weighted by Gasteiger charge is -2.04. The maximum Gasteiger partial charge on any atom is 0.280 e. The van der Waals surface area contributed by atoms with Crippen LogP contribution in [0.1, 0.15) is 15.4 Å². The fraction of sp³-hybridized carbons (Fsp3) is 0.0526. The molecule has 1 N–H and O–H groups in total. The van der Waals surface area contributed by atoms with Gasteiger partial charge in [0.2, 0.25) is 0 Å². The van der Waals surface area contributed by atoms with Crippen LogP contribution in [0.4, 0.5) is 0 Å². The highest BCUT2D eigenvalue weighted by Crippen LogP contribution is 2.22. The van der Waals surface area contributed by atoms with Gasteiger partial charge in [-0.2, -0.15) is 0 Å². The molecule has 0 saturated heterocycles. The third-order valence-corrected chi connectivity index (χ3v) is 4.78. The van der Waals surface area contributed by atoms with Crippen molar-refractivity contribution in [2.75, 3.05) is 0 Å². The van der Waals surface area contributed by atoms with E-state index < -0.39 is 0 Å². The summed E-state index contributed by atoms with van der Waals surface area (Å²) in [6, 6.07) is 17.7. The molecule has 118 valence electrons. The predicted molar refractivity (Wildman–Crippen MR) is 94.9 cm³/mol. The van der Waals surface area contributed by atoms with Crippen LogP contribution < -0.4 is 5.32 Å². The third-order valence-electron chi connectivity index (χ3n) is 3.75. The van der Waals surface area contributed by atoms with E-state index in [0.717, 1.165) is 26.9 Å². The quantitative estimate of drug-likeness (QED) is 0.598. The van der Waals surface area contributed by atoms with Crippen LogP contribution in [0, 0.1) is 0 Å². The van der Waals surface area contributed by atoms with Gasteiger partial charge in [0.15, 0.2) is 5.01 Å². The number of para-hydroxylation sites is 1. The van der Waals surface area contributed by atoms with Gasteiger partial charge in [-0.25, -0.2) is 4.98 Å². The lowest BCUT2D eigenvalue weighted by atomic mass is 10.1. The van der Waals surface area contributed by atoms with Gasteiger partial charge in [-0.15, -0.1) is 11.3 Å². The molecule has 0 fully saturated rings. The lowest BCUT2D eigenvalue weighted by Crippen LogP contribution is -2.22. The number of fused-ring (bicyclic) bond motifs is 1. The third kappa shape index (κ3) is 2.94. The smallest absolute Gasteiger partial charge is 0.280 e. The van der Waals surface area contributed by atoms with Crippen LogP contribution in [-0.4, -0.2) is 10.9 Å². The van der Waals surface area contributed by atoms with Gasteiger partial charge in [0.05, 0.1) is 22.7 Å². The van der Waals surface area contributed by atoms with E-state index in [1.807, 2.05) is 54.6 Å². The van der Waals surface area contributed by atoms with Gasteiger partial charge in [0, 0.05) is 12.1 Å².